The Labute approximate surface area is 512 Å². The fourth-order valence-corrected chi connectivity index (χ4v) is 15.6. The minimum Gasteiger partial charge on any atom is -0.493 e. The van der Waals surface area contributed by atoms with Gasteiger partial charge in [0.1, 0.15) is 24.7 Å². The number of anilines is 3. The third kappa shape index (κ3) is 14.9. The normalized spacial score (nSPS) is 17.9. The number of hydrogen-bond acceptors (Lipinski definition) is 15. The highest BCUT2D eigenvalue weighted by atomic mass is 33.1. The van der Waals surface area contributed by atoms with Gasteiger partial charge in [-0.2, -0.15) is 11.8 Å². The van der Waals surface area contributed by atoms with Crippen molar-refractivity contribution in [2.45, 2.75) is 127 Å². The monoisotopic (exact) mass is 1210 g/mol. The molecule has 10 rings (SSSR count). The first-order valence-corrected chi connectivity index (χ1v) is 33.5. The quantitative estimate of drug-likeness (QED) is 0.0243. The molecule has 5 aliphatic rings. The number of para-hydroxylation sites is 2. The molecular formula is C67H80N4O11S3. The first-order chi connectivity index (χ1) is 41.2. The third-order valence-corrected chi connectivity index (χ3v) is 21.0. The van der Waals surface area contributed by atoms with E-state index in [0.29, 0.717) is 89.0 Å². The molecule has 0 radical (unpaired) electrons. The second-order valence-electron chi connectivity index (χ2n) is 23.3. The molecule has 5 aromatic carbocycles. The van der Waals surface area contributed by atoms with Crippen LogP contribution in [0.5, 0.6) is 17.2 Å². The van der Waals surface area contributed by atoms with E-state index in [4.69, 9.17) is 28.4 Å². The van der Waals surface area contributed by atoms with Gasteiger partial charge in [0, 0.05) is 96.8 Å². The molecule has 1 saturated heterocycles. The summed E-state index contributed by atoms with van der Waals surface area (Å²) in [6.45, 7) is 10.8. The van der Waals surface area contributed by atoms with E-state index in [2.05, 4.69) is 61.2 Å². The molecule has 5 aliphatic heterocycles. The number of thioether (sulfide) groups is 1. The van der Waals surface area contributed by atoms with Crippen LogP contribution in [-0.2, 0) is 67.5 Å². The number of hydrogen-bond donors (Lipinski definition) is 0. The van der Waals surface area contributed by atoms with Crippen LogP contribution in [0.3, 0.4) is 0 Å². The van der Waals surface area contributed by atoms with Crippen molar-refractivity contribution >= 4 is 79.8 Å². The van der Waals surface area contributed by atoms with Crippen molar-refractivity contribution in [1.29, 1.82) is 0 Å². The van der Waals surface area contributed by atoms with E-state index in [-0.39, 0.29) is 71.1 Å². The van der Waals surface area contributed by atoms with E-state index >= 15 is 0 Å². The van der Waals surface area contributed by atoms with Crippen LogP contribution in [0.15, 0.2) is 91.0 Å². The van der Waals surface area contributed by atoms with E-state index in [1.807, 2.05) is 71.5 Å². The molecule has 5 aromatic rings. The van der Waals surface area contributed by atoms with Gasteiger partial charge in [-0.3, -0.25) is 28.9 Å². The van der Waals surface area contributed by atoms with Crippen molar-refractivity contribution in [2.75, 3.05) is 93.6 Å². The zero-order valence-corrected chi connectivity index (χ0v) is 52.4. The number of ketones is 1. The van der Waals surface area contributed by atoms with Crippen LogP contribution in [0.25, 0.3) is 0 Å². The zero-order chi connectivity index (χ0) is 59.6. The fraction of sp³-hybridized carbons (Fsp3) is 0.478. The second-order valence-corrected chi connectivity index (χ2v) is 27.4. The molecule has 18 heteroatoms. The van der Waals surface area contributed by atoms with Gasteiger partial charge in [-0.25, -0.2) is 0 Å². The van der Waals surface area contributed by atoms with Crippen molar-refractivity contribution in [3.63, 3.8) is 0 Å². The Balaban J connectivity index is 0.869. The number of likely N-dealkylation sites (tertiary alicyclic amines) is 1. The molecule has 3 unspecified atom stereocenters. The molecule has 0 bridgehead atoms. The van der Waals surface area contributed by atoms with E-state index < -0.39 is 0 Å². The number of Topliss-reactive ketones (excluding diaryl/α,β-unsaturated/α-hetero) is 1. The molecule has 1 fully saturated rings. The van der Waals surface area contributed by atoms with Crippen molar-refractivity contribution in [3.05, 3.63) is 141 Å². The molecule has 5 heterocycles. The molecule has 85 heavy (non-hydrogen) atoms. The van der Waals surface area contributed by atoms with Gasteiger partial charge in [-0.05, 0) is 172 Å². The third-order valence-electron chi connectivity index (χ3n) is 16.7. The number of nitrogens with zero attached hydrogens (tertiary/aromatic N) is 4. The van der Waals surface area contributed by atoms with Crippen LogP contribution in [0, 0.1) is 6.92 Å². The summed E-state index contributed by atoms with van der Waals surface area (Å²) in [5, 5.41) is -0.314. The van der Waals surface area contributed by atoms with Gasteiger partial charge in [-0.1, -0.05) is 58.0 Å². The Morgan fingerprint density at radius 2 is 1.26 bits per heavy atom. The molecule has 0 aliphatic carbocycles. The van der Waals surface area contributed by atoms with E-state index in [9.17, 15) is 24.0 Å². The lowest BCUT2D eigenvalue weighted by atomic mass is 9.98. The Kier molecular flexibility index (Phi) is 20.9. The van der Waals surface area contributed by atoms with Crippen LogP contribution >= 0.6 is 33.3 Å². The number of carbonyl (C=O) groups excluding carboxylic acids is 5. The number of amides is 4. The summed E-state index contributed by atoms with van der Waals surface area (Å²) in [6, 6.07) is 31.0. The highest BCUT2D eigenvalue weighted by molar-refractivity contribution is 8.77. The molecule has 4 amide bonds. The van der Waals surface area contributed by atoms with Gasteiger partial charge < -0.3 is 43.1 Å². The lowest BCUT2D eigenvalue weighted by Gasteiger charge is -2.34. The fourth-order valence-electron chi connectivity index (χ4n) is 12.4. The van der Waals surface area contributed by atoms with Gasteiger partial charge in [0.25, 0.3) is 11.8 Å². The predicted molar refractivity (Wildman–Crippen MR) is 339 cm³/mol. The molecule has 0 saturated carbocycles. The van der Waals surface area contributed by atoms with Crippen LogP contribution in [0.2, 0.25) is 0 Å². The average Bonchev–Trinajstić information content (AvgIpc) is 2.03. The second kappa shape index (κ2) is 28.7. The number of benzene rings is 5. The molecule has 452 valence electrons. The van der Waals surface area contributed by atoms with Crippen LogP contribution in [0.1, 0.15) is 118 Å². The minimum absolute atomic E-state index is 0.0200. The Bertz CT molecular complexity index is 3250. The summed E-state index contributed by atoms with van der Waals surface area (Å²) in [6.07, 6.45) is 8.96. The number of carbonyl (C=O) groups is 5. The van der Waals surface area contributed by atoms with E-state index in [0.717, 1.165) is 107 Å². The number of methoxy groups -OCH3 is 2. The summed E-state index contributed by atoms with van der Waals surface area (Å²) < 4.78 is 36.4. The number of imide groups is 1. The summed E-state index contributed by atoms with van der Waals surface area (Å²) in [5.41, 5.74) is 11.4. The summed E-state index contributed by atoms with van der Waals surface area (Å²) in [7, 11) is 6.81. The van der Waals surface area contributed by atoms with Crippen molar-refractivity contribution in [1.82, 2.24) is 4.90 Å². The van der Waals surface area contributed by atoms with Crippen molar-refractivity contribution < 1.29 is 52.4 Å². The molecule has 0 spiro atoms. The predicted octanol–water partition coefficient (Wildman–Crippen LogP) is 11.5. The molecule has 15 nitrogen and oxygen atoms in total. The van der Waals surface area contributed by atoms with E-state index in [1.54, 1.807) is 35.8 Å². The minimum atomic E-state index is -0.314. The first-order valence-electron chi connectivity index (χ1n) is 29.9. The first kappa shape index (κ1) is 62.0. The van der Waals surface area contributed by atoms with Crippen LogP contribution in [0.4, 0.5) is 17.1 Å². The smallest absolute Gasteiger partial charge is 0.258 e. The van der Waals surface area contributed by atoms with Crippen LogP contribution in [-0.4, -0.2) is 135 Å². The summed E-state index contributed by atoms with van der Waals surface area (Å²) >= 11 is 1.40. The SMILES string of the molecule is COCCOCCOCCN(CC(C)(C)SSCCCC(=O)CCCN1C(=O)CC(SC)C1=O)c1cc(COc2cc3c(cc2C)C(=O)N2c4ccccc4CC2CC3)cc(COc2cc3c(cc2OC)C(=O)N2c4ccccc4CC2CC3)c1. The number of ether oxygens (including phenoxy) is 6. The maximum Gasteiger partial charge on any atom is 0.258 e. The molecular weight excluding hydrogens is 1130 g/mol. The number of aryl methyl sites for hydroxylation is 3. The Morgan fingerprint density at radius 3 is 1.88 bits per heavy atom. The maximum absolute atomic E-state index is 14.4. The zero-order valence-electron chi connectivity index (χ0n) is 50.0. The van der Waals surface area contributed by atoms with Gasteiger partial charge in [0.2, 0.25) is 11.8 Å². The summed E-state index contributed by atoms with van der Waals surface area (Å²) in [4.78, 5) is 74.2. The van der Waals surface area contributed by atoms with Gasteiger partial charge >= 0.3 is 0 Å². The topological polar surface area (TPSA) is 154 Å². The van der Waals surface area contributed by atoms with Gasteiger partial charge in [0.05, 0.1) is 45.4 Å². The summed E-state index contributed by atoms with van der Waals surface area (Å²) in [5.74, 6) is 2.45. The Hall–Kier alpha value is -6.02. The standard InChI is InChI=1S/C67H80N4O11S3/c1-44-31-55-47(19-21-51-35-49-13-7-9-17-57(49)70(51)64(55)74)37-59(44)81-41-45-32-46(42-82-61-38-48-20-22-52-36-50-14-8-10-18-58(50)71(52)65(75)56(48)39-60(61)78-5)34-53(33-45)68(24-25-79-28-29-80-27-26-77-4)43-67(2,3)85-84-30-12-16-54(72)15-11-23-69-63(73)40-62(83-6)66(69)76/h7-10,13-14,17-18,31-34,37-39,51-52,62H,11-12,15-16,19-30,35-36,40-43H2,1-6H3. The highest BCUT2D eigenvalue weighted by Crippen LogP contribution is 2.43. The van der Waals surface area contributed by atoms with Crippen LogP contribution < -0.4 is 28.9 Å². The van der Waals surface area contributed by atoms with Gasteiger partial charge in [-0.15, -0.1) is 0 Å². The number of fused-ring (bicyclic) bond motifs is 8. The maximum atomic E-state index is 14.4. The highest BCUT2D eigenvalue weighted by Gasteiger charge is 2.40. The number of rotatable bonds is 30. The molecule has 0 aromatic heterocycles. The lowest BCUT2D eigenvalue weighted by Crippen LogP contribution is -2.38. The van der Waals surface area contributed by atoms with Crippen molar-refractivity contribution in [3.8, 4) is 17.2 Å². The lowest BCUT2D eigenvalue weighted by molar-refractivity contribution is -0.138. The van der Waals surface area contributed by atoms with Crippen molar-refractivity contribution in [2.24, 2.45) is 0 Å². The van der Waals surface area contributed by atoms with Gasteiger partial charge in [0.15, 0.2) is 11.5 Å². The van der Waals surface area contributed by atoms with E-state index in [1.165, 1.54) is 27.8 Å². The molecule has 0 N–H and O–H groups in total. The average molecular weight is 1210 g/mol. The molecule has 3 atom stereocenters. The Morgan fingerprint density at radius 1 is 0.671 bits per heavy atom. The largest absolute Gasteiger partial charge is 0.493 e.